The van der Waals surface area contributed by atoms with Crippen molar-refractivity contribution in [3.63, 3.8) is 0 Å². The number of hydrogen-bond donors (Lipinski definition) is 3. The second-order valence-corrected chi connectivity index (χ2v) is 7.00. The van der Waals surface area contributed by atoms with Gasteiger partial charge in [-0.15, -0.1) is 0 Å². The van der Waals surface area contributed by atoms with Gasteiger partial charge in [0.05, 0.1) is 18.1 Å². The molecule has 0 fully saturated rings. The summed E-state index contributed by atoms with van der Waals surface area (Å²) in [6, 6.07) is 9.09. The third kappa shape index (κ3) is 2.50. The van der Waals surface area contributed by atoms with Crippen LogP contribution in [-0.2, 0) is 10.2 Å². The van der Waals surface area contributed by atoms with Crippen molar-refractivity contribution >= 4 is 22.6 Å². The topological polar surface area (TPSA) is 87.2 Å². The Balaban J connectivity index is 1.84. The van der Waals surface area contributed by atoms with Crippen LogP contribution in [0.4, 0.5) is 5.69 Å². The Kier molecular flexibility index (Phi) is 3.25. The molecule has 6 nitrogen and oxygen atoms in total. The van der Waals surface area contributed by atoms with Crippen molar-refractivity contribution in [2.45, 2.75) is 25.7 Å². The summed E-state index contributed by atoms with van der Waals surface area (Å²) in [6.07, 6.45) is 0.457. The standard InChI is InChI=1S/C19H19N3O3/c1-19(2)9-17(24)20-12-8-14-13(7-11(12)19)21-18(22-14)10-4-5-16(25-3)15(23)6-10/h4-8,23H,9H2,1-3H3,(H,20,24)(H,21,22). The van der Waals surface area contributed by atoms with Crippen LogP contribution in [0.5, 0.6) is 11.5 Å². The van der Waals surface area contributed by atoms with Crippen LogP contribution in [-0.4, -0.2) is 28.1 Å². The predicted molar refractivity (Wildman–Crippen MR) is 96.0 cm³/mol. The molecule has 1 aliphatic rings. The maximum Gasteiger partial charge on any atom is 0.225 e. The van der Waals surface area contributed by atoms with Gasteiger partial charge < -0.3 is 20.1 Å². The molecule has 4 rings (SSSR count). The van der Waals surface area contributed by atoms with Crippen LogP contribution < -0.4 is 10.1 Å². The number of aromatic nitrogens is 2. The quantitative estimate of drug-likeness (QED) is 0.667. The summed E-state index contributed by atoms with van der Waals surface area (Å²) in [5.74, 6) is 1.15. The number of nitrogens with one attached hydrogen (secondary N) is 2. The number of amides is 1. The number of methoxy groups -OCH3 is 1. The number of phenolic OH excluding ortho intramolecular Hbond substituents is 1. The number of nitrogens with zero attached hydrogens (tertiary/aromatic N) is 1. The van der Waals surface area contributed by atoms with Crippen molar-refractivity contribution in [2.24, 2.45) is 0 Å². The van der Waals surface area contributed by atoms with Gasteiger partial charge in [-0.2, -0.15) is 0 Å². The van der Waals surface area contributed by atoms with Gasteiger partial charge in [0.25, 0.3) is 0 Å². The van der Waals surface area contributed by atoms with Gasteiger partial charge in [-0.05, 0) is 35.9 Å². The third-order valence-electron chi connectivity index (χ3n) is 4.68. The van der Waals surface area contributed by atoms with Gasteiger partial charge in [0, 0.05) is 23.1 Å². The summed E-state index contributed by atoms with van der Waals surface area (Å²) in [4.78, 5) is 19.8. The zero-order valence-electron chi connectivity index (χ0n) is 14.3. The Morgan fingerprint density at radius 3 is 2.76 bits per heavy atom. The molecule has 128 valence electrons. The van der Waals surface area contributed by atoms with Crippen molar-refractivity contribution < 1.29 is 14.6 Å². The van der Waals surface area contributed by atoms with Gasteiger partial charge in [-0.1, -0.05) is 13.8 Å². The number of phenols is 1. The highest BCUT2D eigenvalue weighted by molar-refractivity contribution is 5.98. The number of carbonyl (C=O) groups is 1. The van der Waals surface area contributed by atoms with E-state index in [1.165, 1.54) is 7.11 Å². The summed E-state index contributed by atoms with van der Waals surface area (Å²) in [5.41, 5.74) is 4.10. The first kappa shape index (κ1) is 15.5. The molecule has 0 aliphatic carbocycles. The minimum atomic E-state index is -0.227. The molecule has 0 saturated carbocycles. The van der Waals surface area contributed by atoms with E-state index in [0.717, 1.165) is 27.8 Å². The summed E-state index contributed by atoms with van der Waals surface area (Å²) in [6.45, 7) is 4.13. The molecule has 1 amide bonds. The first-order valence-corrected chi connectivity index (χ1v) is 8.09. The summed E-state index contributed by atoms with van der Waals surface area (Å²) in [7, 11) is 1.51. The summed E-state index contributed by atoms with van der Waals surface area (Å²) in [5, 5.41) is 12.9. The Morgan fingerprint density at radius 2 is 2.04 bits per heavy atom. The van der Waals surface area contributed by atoms with E-state index in [1.54, 1.807) is 12.1 Å². The summed E-state index contributed by atoms with van der Waals surface area (Å²) >= 11 is 0. The van der Waals surface area contributed by atoms with E-state index in [4.69, 9.17) is 4.74 Å². The Morgan fingerprint density at radius 1 is 1.24 bits per heavy atom. The number of fused-ring (bicyclic) bond motifs is 2. The number of hydrogen-bond acceptors (Lipinski definition) is 4. The van der Waals surface area contributed by atoms with Gasteiger partial charge in [0.2, 0.25) is 5.91 Å². The fourth-order valence-electron chi connectivity index (χ4n) is 3.39. The van der Waals surface area contributed by atoms with Crippen LogP contribution >= 0.6 is 0 Å². The fraction of sp³-hybridized carbons (Fsp3) is 0.263. The molecule has 0 saturated heterocycles. The summed E-state index contributed by atoms with van der Waals surface area (Å²) < 4.78 is 5.07. The number of aromatic amines is 1. The molecule has 2 aromatic carbocycles. The van der Waals surface area contributed by atoms with Crippen molar-refractivity contribution in [3.8, 4) is 22.9 Å². The first-order valence-electron chi connectivity index (χ1n) is 8.09. The van der Waals surface area contributed by atoms with Crippen LogP contribution in [0.2, 0.25) is 0 Å². The van der Waals surface area contributed by atoms with E-state index in [0.29, 0.717) is 18.0 Å². The van der Waals surface area contributed by atoms with Crippen LogP contribution in [0.25, 0.3) is 22.4 Å². The van der Waals surface area contributed by atoms with Gasteiger partial charge in [-0.25, -0.2) is 4.98 Å². The Bertz CT molecular complexity index is 1000. The van der Waals surface area contributed by atoms with E-state index in [9.17, 15) is 9.90 Å². The average Bonchev–Trinajstić information content (AvgIpc) is 2.95. The number of rotatable bonds is 2. The zero-order chi connectivity index (χ0) is 17.8. The molecule has 6 heteroatoms. The second kappa shape index (κ2) is 5.24. The molecule has 0 atom stereocenters. The van der Waals surface area contributed by atoms with Gasteiger partial charge >= 0.3 is 0 Å². The molecule has 1 aliphatic heterocycles. The molecule has 3 aromatic rings. The number of benzene rings is 2. The zero-order valence-corrected chi connectivity index (χ0v) is 14.3. The molecule has 3 N–H and O–H groups in total. The predicted octanol–water partition coefficient (Wildman–Crippen LogP) is 3.56. The highest BCUT2D eigenvalue weighted by Gasteiger charge is 2.32. The molecule has 1 aromatic heterocycles. The maximum absolute atomic E-state index is 11.9. The minimum absolute atomic E-state index is 0.0210. The molecule has 0 unspecified atom stereocenters. The number of imidazole rings is 1. The number of H-pyrrole nitrogens is 1. The normalized spacial score (nSPS) is 15.7. The minimum Gasteiger partial charge on any atom is -0.504 e. The molecule has 0 bridgehead atoms. The maximum atomic E-state index is 11.9. The van der Waals surface area contributed by atoms with E-state index >= 15 is 0 Å². The highest BCUT2D eigenvalue weighted by Crippen LogP contribution is 2.39. The van der Waals surface area contributed by atoms with E-state index in [-0.39, 0.29) is 17.1 Å². The molecule has 25 heavy (non-hydrogen) atoms. The lowest BCUT2D eigenvalue weighted by molar-refractivity contribution is -0.117. The lowest BCUT2D eigenvalue weighted by Gasteiger charge is -2.31. The molecule has 0 radical (unpaired) electrons. The highest BCUT2D eigenvalue weighted by atomic mass is 16.5. The van der Waals surface area contributed by atoms with E-state index < -0.39 is 0 Å². The smallest absolute Gasteiger partial charge is 0.225 e. The van der Waals surface area contributed by atoms with Gasteiger partial charge in [0.15, 0.2) is 11.5 Å². The van der Waals surface area contributed by atoms with E-state index in [1.807, 2.05) is 18.2 Å². The molecular formula is C19H19N3O3. The van der Waals surface area contributed by atoms with Gasteiger partial charge in [-0.3, -0.25) is 4.79 Å². The first-order chi connectivity index (χ1) is 11.9. The lowest BCUT2D eigenvalue weighted by Crippen LogP contribution is -2.32. The second-order valence-electron chi connectivity index (χ2n) is 7.00. The van der Waals surface area contributed by atoms with Crippen molar-refractivity contribution in [1.29, 1.82) is 0 Å². The van der Waals surface area contributed by atoms with Crippen LogP contribution in [0.15, 0.2) is 30.3 Å². The molecular weight excluding hydrogens is 318 g/mol. The Hall–Kier alpha value is -3.02. The molecule has 0 spiro atoms. The number of anilines is 1. The average molecular weight is 337 g/mol. The monoisotopic (exact) mass is 337 g/mol. The van der Waals surface area contributed by atoms with Gasteiger partial charge in [0.1, 0.15) is 5.82 Å². The van der Waals surface area contributed by atoms with Crippen LogP contribution in [0.1, 0.15) is 25.8 Å². The van der Waals surface area contributed by atoms with Crippen molar-refractivity contribution in [3.05, 3.63) is 35.9 Å². The Labute approximate surface area is 144 Å². The lowest BCUT2D eigenvalue weighted by atomic mass is 9.78. The number of aromatic hydroxyl groups is 1. The van der Waals surface area contributed by atoms with Crippen molar-refractivity contribution in [2.75, 3.05) is 12.4 Å². The fourth-order valence-corrected chi connectivity index (χ4v) is 3.39. The third-order valence-corrected chi connectivity index (χ3v) is 4.68. The number of carbonyl (C=O) groups excluding carboxylic acids is 1. The SMILES string of the molecule is COc1ccc(-c2nc3cc4c(cc3[nH]2)C(C)(C)CC(=O)N4)cc1O. The largest absolute Gasteiger partial charge is 0.504 e. The molecule has 2 heterocycles. The van der Waals surface area contributed by atoms with Crippen LogP contribution in [0.3, 0.4) is 0 Å². The van der Waals surface area contributed by atoms with Crippen LogP contribution in [0, 0.1) is 0 Å². The number of ether oxygens (including phenoxy) is 1. The van der Waals surface area contributed by atoms with E-state index in [2.05, 4.69) is 29.1 Å². The van der Waals surface area contributed by atoms with Crippen molar-refractivity contribution in [1.82, 2.24) is 9.97 Å².